The fraction of sp³-hybridized carbons (Fsp3) is 0.625. The molecule has 104 valence electrons. The van der Waals surface area contributed by atoms with Gasteiger partial charge in [-0.2, -0.15) is 0 Å². The number of hydrogen-bond acceptors (Lipinski definition) is 2. The van der Waals surface area contributed by atoms with Crippen LogP contribution in [-0.4, -0.2) is 19.1 Å². The Kier molecular flexibility index (Phi) is 3.86. The molecule has 2 nitrogen and oxygen atoms in total. The van der Waals surface area contributed by atoms with Crippen molar-refractivity contribution in [2.75, 3.05) is 11.9 Å². The average molecular weight is 323 g/mol. The van der Waals surface area contributed by atoms with Crippen molar-refractivity contribution in [3.05, 3.63) is 28.2 Å². The van der Waals surface area contributed by atoms with Crippen molar-refractivity contribution in [3.8, 4) is 0 Å². The molecular weight excluding hydrogens is 300 g/mol. The van der Waals surface area contributed by atoms with Gasteiger partial charge in [0.2, 0.25) is 0 Å². The first-order valence-electron chi connectivity index (χ1n) is 7.40. The van der Waals surface area contributed by atoms with Gasteiger partial charge in [-0.3, -0.25) is 0 Å². The highest BCUT2D eigenvalue weighted by Crippen LogP contribution is 2.38. The largest absolute Gasteiger partial charge is 0.371 e. The van der Waals surface area contributed by atoms with Crippen LogP contribution in [0.15, 0.2) is 22.7 Å². The number of anilines is 1. The van der Waals surface area contributed by atoms with E-state index in [1.165, 1.54) is 41.4 Å². The summed E-state index contributed by atoms with van der Waals surface area (Å²) in [7, 11) is 2.21. The van der Waals surface area contributed by atoms with Gasteiger partial charge in [-0.25, -0.2) is 0 Å². The Morgan fingerprint density at radius 2 is 2.05 bits per heavy atom. The summed E-state index contributed by atoms with van der Waals surface area (Å²) in [4.78, 5) is 2.42. The molecule has 1 aromatic rings. The maximum Gasteiger partial charge on any atom is 0.0510 e. The lowest BCUT2D eigenvalue weighted by molar-refractivity contribution is 0.608. The summed E-state index contributed by atoms with van der Waals surface area (Å²) >= 11 is 3.74. The summed E-state index contributed by atoms with van der Waals surface area (Å²) in [6.07, 6.45) is 5.49. The Bertz CT molecular complexity index is 452. The van der Waals surface area contributed by atoms with Gasteiger partial charge in [0.15, 0.2) is 0 Å². The van der Waals surface area contributed by atoms with Crippen molar-refractivity contribution >= 4 is 21.6 Å². The number of nitrogens with zero attached hydrogens (tertiary/aromatic N) is 1. The van der Waals surface area contributed by atoms with Crippen LogP contribution in [0.4, 0.5) is 5.69 Å². The van der Waals surface area contributed by atoms with Gasteiger partial charge < -0.3 is 10.2 Å². The Labute approximate surface area is 124 Å². The summed E-state index contributed by atoms with van der Waals surface area (Å²) < 4.78 is 1.22. The Hall–Kier alpha value is -0.540. The molecule has 0 radical (unpaired) electrons. The molecule has 0 spiro atoms. The van der Waals surface area contributed by atoms with Crippen molar-refractivity contribution in [1.82, 2.24) is 5.32 Å². The summed E-state index contributed by atoms with van der Waals surface area (Å²) in [6, 6.07) is 8.20. The zero-order chi connectivity index (χ0) is 13.4. The second-order valence-electron chi connectivity index (χ2n) is 6.13. The first kappa shape index (κ1) is 13.4. The van der Waals surface area contributed by atoms with Crippen LogP contribution in [0.25, 0.3) is 0 Å². The van der Waals surface area contributed by atoms with Gasteiger partial charge in [-0.05, 0) is 72.2 Å². The molecule has 0 bridgehead atoms. The van der Waals surface area contributed by atoms with E-state index in [0.717, 1.165) is 18.5 Å². The van der Waals surface area contributed by atoms with Crippen LogP contribution in [0.5, 0.6) is 0 Å². The summed E-state index contributed by atoms with van der Waals surface area (Å²) in [6.45, 7) is 3.33. The van der Waals surface area contributed by atoms with Crippen LogP contribution >= 0.6 is 15.9 Å². The van der Waals surface area contributed by atoms with E-state index in [-0.39, 0.29) is 0 Å². The van der Waals surface area contributed by atoms with Crippen LogP contribution < -0.4 is 10.2 Å². The fourth-order valence-corrected chi connectivity index (χ4v) is 3.32. The van der Waals surface area contributed by atoms with Gasteiger partial charge in [0.1, 0.15) is 0 Å². The second-order valence-corrected chi connectivity index (χ2v) is 6.98. The molecule has 1 aromatic carbocycles. The van der Waals surface area contributed by atoms with E-state index in [9.17, 15) is 0 Å². The van der Waals surface area contributed by atoms with Crippen molar-refractivity contribution in [1.29, 1.82) is 0 Å². The third-order valence-corrected chi connectivity index (χ3v) is 5.11. The number of halogens is 1. The van der Waals surface area contributed by atoms with Gasteiger partial charge in [0.05, 0.1) is 5.69 Å². The van der Waals surface area contributed by atoms with Gasteiger partial charge in [-0.1, -0.05) is 6.07 Å². The molecule has 1 N–H and O–H groups in total. The molecule has 0 aliphatic heterocycles. The van der Waals surface area contributed by atoms with Crippen molar-refractivity contribution in [2.45, 2.75) is 51.2 Å². The van der Waals surface area contributed by atoms with Crippen LogP contribution in [0, 0.1) is 5.92 Å². The first-order valence-corrected chi connectivity index (χ1v) is 8.19. The molecule has 0 aromatic heterocycles. The number of rotatable bonds is 6. The third kappa shape index (κ3) is 3.32. The molecule has 1 atom stereocenters. The zero-order valence-electron chi connectivity index (χ0n) is 11.8. The highest BCUT2D eigenvalue weighted by Gasteiger charge is 2.31. The molecule has 0 amide bonds. The Balaban J connectivity index is 1.67. The minimum atomic E-state index is 0.645. The lowest BCUT2D eigenvalue weighted by Gasteiger charge is -2.28. The van der Waals surface area contributed by atoms with Crippen molar-refractivity contribution < 1.29 is 0 Å². The lowest BCUT2D eigenvalue weighted by atomic mass is 10.1. The van der Waals surface area contributed by atoms with Gasteiger partial charge >= 0.3 is 0 Å². The molecular formula is C16H23BrN2. The van der Waals surface area contributed by atoms with Gasteiger partial charge in [-0.15, -0.1) is 0 Å². The van der Waals surface area contributed by atoms with Gasteiger partial charge in [0.25, 0.3) is 0 Å². The quantitative estimate of drug-likeness (QED) is 0.853. The molecule has 2 saturated carbocycles. The minimum absolute atomic E-state index is 0.645. The lowest BCUT2D eigenvalue weighted by Crippen LogP contribution is -2.30. The number of benzene rings is 1. The molecule has 1 unspecified atom stereocenters. The first-order chi connectivity index (χ1) is 9.15. The molecule has 2 aliphatic carbocycles. The molecule has 0 heterocycles. The predicted molar refractivity (Wildman–Crippen MR) is 84.6 cm³/mol. The second kappa shape index (κ2) is 5.45. The molecule has 3 rings (SSSR count). The fourth-order valence-electron chi connectivity index (χ4n) is 2.61. The molecule has 3 heteroatoms. The van der Waals surface area contributed by atoms with E-state index in [1.54, 1.807) is 0 Å². The van der Waals surface area contributed by atoms with Crippen LogP contribution in [0.3, 0.4) is 0 Å². The average Bonchev–Trinajstić information content (AvgIpc) is 3.28. The number of hydrogen-bond donors (Lipinski definition) is 1. The number of nitrogens with one attached hydrogen (secondary N) is 1. The predicted octanol–water partition coefficient (Wildman–Crippen LogP) is 3.94. The SMILES string of the molecule is CC(C1CC1)N(C)c1ccc(CNC2CC2)cc1Br. The highest BCUT2D eigenvalue weighted by molar-refractivity contribution is 9.10. The van der Waals surface area contributed by atoms with E-state index >= 15 is 0 Å². The molecule has 0 saturated heterocycles. The highest BCUT2D eigenvalue weighted by atomic mass is 79.9. The van der Waals surface area contributed by atoms with Crippen LogP contribution in [-0.2, 0) is 6.54 Å². The minimum Gasteiger partial charge on any atom is -0.371 e. The summed E-state index contributed by atoms with van der Waals surface area (Å²) in [5, 5.41) is 3.57. The summed E-state index contributed by atoms with van der Waals surface area (Å²) in [5.41, 5.74) is 2.68. The Morgan fingerprint density at radius 3 is 2.63 bits per heavy atom. The van der Waals surface area contributed by atoms with E-state index in [1.807, 2.05) is 0 Å². The monoisotopic (exact) mass is 322 g/mol. The van der Waals surface area contributed by atoms with Crippen LogP contribution in [0.1, 0.15) is 38.2 Å². The van der Waals surface area contributed by atoms with E-state index in [4.69, 9.17) is 0 Å². The molecule has 2 aliphatic rings. The maximum absolute atomic E-state index is 3.74. The van der Waals surface area contributed by atoms with E-state index in [2.05, 4.69) is 58.3 Å². The van der Waals surface area contributed by atoms with Crippen molar-refractivity contribution in [3.63, 3.8) is 0 Å². The normalized spacial score (nSPS) is 20.4. The van der Waals surface area contributed by atoms with Crippen LogP contribution in [0.2, 0.25) is 0 Å². The smallest absolute Gasteiger partial charge is 0.0510 e. The Morgan fingerprint density at radius 1 is 1.32 bits per heavy atom. The van der Waals surface area contributed by atoms with Gasteiger partial charge in [0, 0.05) is 30.1 Å². The zero-order valence-corrected chi connectivity index (χ0v) is 13.4. The van der Waals surface area contributed by atoms with Crippen molar-refractivity contribution in [2.24, 2.45) is 5.92 Å². The van der Waals surface area contributed by atoms with E-state index in [0.29, 0.717) is 6.04 Å². The topological polar surface area (TPSA) is 15.3 Å². The molecule has 19 heavy (non-hydrogen) atoms. The molecule has 2 fully saturated rings. The maximum atomic E-state index is 3.74. The third-order valence-electron chi connectivity index (χ3n) is 4.48. The standard InChI is InChI=1S/C16H23BrN2/c1-11(13-4-5-13)19(2)16-8-3-12(9-15(16)17)10-18-14-6-7-14/h3,8-9,11,13-14,18H,4-7,10H2,1-2H3. The summed E-state index contributed by atoms with van der Waals surface area (Å²) in [5.74, 6) is 0.896. The van der Waals surface area contributed by atoms with E-state index < -0.39 is 0 Å².